The van der Waals surface area contributed by atoms with E-state index in [1.54, 1.807) is 4.90 Å². The molecule has 114 valence electrons. The van der Waals surface area contributed by atoms with Gasteiger partial charge >= 0.3 is 0 Å². The van der Waals surface area contributed by atoms with Crippen LogP contribution in [0.1, 0.15) is 32.1 Å². The van der Waals surface area contributed by atoms with Crippen LogP contribution in [0, 0.1) is 11.3 Å². The molecule has 3 aliphatic rings. The molecule has 2 N–H and O–H groups in total. The number of nitrogens with one attached hydrogen (secondary N) is 2. The van der Waals surface area contributed by atoms with Crippen molar-refractivity contribution >= 4 is 24.2 Å². The molecule has 2 saturated heterocycles. The Morgan fingerprint density at radius 1 is 1.40 bits per heavy atom. The van der Waals surface area contributed by atoms with Crippen LogP contribution in [-0.2, 0) is 9.59 Å². The number of rotatable bonds is 2. The van der Waals surface area contributed by atoms with E-state index in [-0.39, 0.29) is 41.6 Å². The molecule has 3 rings (SSSR count). The molecule has 5 nitrogen and oxygen atoms in total. The predicted octanol–water partition coefficient (Wildman–Crippen LogP) is 0.535. The number of hydrogen-bond donors (Lipinski definition) is 2. The molecular formula is C14H24ClN3O2. The molecule has 0 radical (unpaired) electrons. The molecule has 6 heteroatoms. The van der Waals surface area contributed by atoms with Gasteiger partial charge in [0.1, 0.15) is 6.04 Å². The smallest absolute Gasteiger partial charge is 0.244 e. The Kier molecular flexibility index (Phi) is 4.59. The van der Waals surface area contributed by atoms with E-state index < -0.39 is 0 Å². The molecular weight excluding hydrogens is 278 g/mol. The summed E-state index contributed by atoms with van der Waals surface area (Å²) in [7, 11) is 1.81. The highest BCUT2D eigenvalue weighted by atomic mass is 35.5. The lowest BCUT2D eigenvalue weighted by atomic mass is 9.91. The second-order valence-electron chi connectivity index (χ2n) is 6.33. The normalized spacial score (nSPS) is 31.6. The first kappa shape index (κ1) is 15.6. The number of likely N-dealkylation sites (tertiary alicyclic amines) is 1. The van der Waals surface area contributed by atoms with Crippen molar-refractivity contribution in [3.05, 3.63) is 0 Å². The van der Waals surface area contributed by atoms with Gasteiger partial charge in [-0.05, 0) is 50.6 Å². The van der Waals surface area contributed by atoms with Crippen LogP contribution < -0.4 is 10.6 Å². The molecule has 2 atom stereocenters. The van der Waals surface area contributed by atoms with Crippen LogP contribution >= 0.6 is 12.4 Å². The summed E-state index contributed by atoms with van der Waals surface area (Å²) in [6.45, 7) is 2.86. The summed E-state index contributed by atoms with van der Waals surface area (Å²) in [6.07, 6.45) is 4.98. The summed E-state index contributed by atoms with van der Waals surface area (Å²) < 4.78 is 0. The van der Waals surface area contributed by atoms with Crippen molar-refractivity contribution in [1.29, 1.82) is 0 Å². The van der Waals surface area contributed by atoms with Crippen LogP contribution in [0.4, 0.5) is 0 Å². The number of likely N-dealkylation sites (N-methyl/N-ethyl adjacent to an activating group) is 1. The average molecular weight is 302 g/mol. The minimum Gasteiger partial charge on any atom is -0.344 e. The molecule has 2 amide bonds. The van der Waals surface area contributed by atoms with Crippen LogP contribution in [0.5, 0.6) is 0 Å². The molecule has 1 saturated carbocycles. The predicted molar refractivity (Wildman–Crippen MR) is 78.7 cm³/mol. The summed E-state index contributed by atoms with van der Waals surface area (Å²) in [6, 6.07) is -0.286. The maximum Gasteiger partial charge on any atom is 0.244 e. The van der Waals surface area contributed by atoms with Gasteiger partial charge in [0.05, 0.1) is 0 Å². The summed E-state index contributed by atoms with van der Waals surface area (Å²) in [5.74, 6) is 0.324. The summed E-state index contributed by atoms with van der Waals surface area (Å²) in [5, 5.41) is 6.32. The van der Waals surface area contributed by atoms with Crippen molar-refractivity contribution in [2.75, 3.05) is 26.7 Å². The number of piperidine rings is 2. The number of carbonyl (C=O) groups excluding carboxylic acids is 2. The maximum absolute atomic E-state index is 12.3. The molecule has 3 fully saturated rings. The number of nitrogens with zero attached hydrogens (tertiary/aromatic N) is 1. The van der Waals surface area contributed by atoms with Gasteiger partial charge in [-0.1, -0.05) is 0 Å². The summed E-state index contributed by atoms with van der Waals surface area (Å²) in [5.41, 5.74) is 0.249. The standard InChI is InChI=1S/C14H23N3O2.ClH/c1-17-8-2-3-11(13(17)19)16-12(18)10-9-14(10)4-6-15-7-5-14;/h10-11,15H,2-9H2,1H3,(H,16,18);1H. The topological polar surface area (TPSA) is 61.4 Å². The van der Waals surface area contributed by atoms with Gasteiger partial charge in [0.2, 0.25) is 11.8 Å². The molecule has 0 aromatic rings. The second-order valence-corrected chi connectivity index (χ2v) is 6.33. The highest BCUT2D eigenvalue weighted by Crippen LogP contribution is 2.58. The Balaban J connectivity index is 0.00000147. The highest BCUT2D eigenvalue weighted by molar-refractivity contribution is 5.90. The molecule has 1 aliphatic carbocycles. The van der Waals surface area contributed by atoms with E-state index in [0.717, 1.165) is 51.7 Å². The van der Waals surface area contributed by atoms with Crippen molar-refractivity contribution in [2.24, 2.45) is 11.3 Å². The SMILES string of the molecule is CN1CCCC(NC(=O)C2CC23CCNCC3)C1=O.Cl. The fourth-order valence-electron chi connectivity index (χ4n) is 3.63. The van der Waals surface area contributed by atoms with Gasteiger partial charge in [-0.2, -0.15) is 0 Å². The van der Waals surface area contributed by atoms with E-state index in [2.05, 4.69) is 10.6 Å². The Hall–Kier alpha value is -0.810. The van der Waals surface area contributed by atoms with Gasteiger partial charge < -0.3 is 15.5 Å². The molecule has 0 aromatic carbocycles. The first-order chi connectivity index (χ1) is 9.12. The van der Waals surface area contributed by atoms with Crippen molar-refractivity contribution < 1.29 is 9.59 Å². The fourth-order valence-corrected chi connectivity index (χ4v) is 3.63. The lowest BCUT2D eigenvalue weighted by molar-refractivity contribution is -0.138. The van der Waals surface area contributed by atoms with Gasteiger partial charge in [-0.25, -0.2) is 0 Å². The quantitative estimate of drug-likeness (QED) is 0.782. The molecule has 2 aliphatic heterocycles. The Morgan fingerprint density at radius 3 is 2.80 bits per heavy atom. The Labute approximate surface area is 126 Å². The van der Waals surface area contributed by atoms with E-state index in [1.807, 2.05) is 7.05 Å². The maximum atomic E-state index is 12.3. The number of carbonyl (C=O) groups is 2. The van der Waals surface area contributed by atoms with E-state index >= 15 is 0 Å². The van der Waals surface area contributed by atoms with Crippen molar-refractivity contribution in [3.63, 3.8) is 0 Å². The molecule has 0 bridgehead atoms. The zero-order valence-electron chi connectivity index (χ0n) is 12.0. The van der Waals surface area contributed by atoms with Gasteiger partial charge in [0.15, 0.2) is 0 Å². The van der Waals surface area contributed by atoms with Crippen LogP contribution in [0.15, 0.2) is 0 Å². The number of amides is 2. The van der Waals surface area contributed by atoms with Gasteiger partial charge in [-0.15, -0.1) is 12.4 Å². The first-order valence-corrected chi connectivity index (χ1v) is 7.38. The fraction of sp³-hybridized carbons (Fsp3) is 0.857. The summed E-state index contributed by atoms with van der Waals surface area (Å²) >= 11 is 0. The zero-order chi connectivity index (χ0) is 13.5. The summed E-state index contributed by atoms with van der Waals surface area (Å²) in [4.78, 5) is 26.0. The van der Waals surface area contributed by atoms with Gasteiger partial charge in [0.25, 0.3) is 0 Å². The third-order valence-corrected chi connectivity index (χ3v) is 5.08. The third-order valence-electron chi connectivity index (χ3n) is 5.08. The monoisotopic (exact) mass is 301 g/mol. The minimum absolute atomic E-state index is 0. The van der Waals surface area contributed by atoms with E-state index in [0.29, 0.717) is 0 Å². The third kappa shape index (κ3) is 2.79. The van der Waals surface area contributed by atoms with Crippen LogP contribution in [0.25, 0.3) is 0 Å². The second kappa shape index (κ2) is 5.90. The molecule has 20 heavy (non-hydrogen) atoms. The van der Waals surface area contributed by atoms with Crippen LogP contribution in [0.2, 0.25) is 0 Å². The van der Waals surface area contributed by atoms with E-state index in [9.17, 15) is 9.59 Å². The lowest BCUT2D eigenvalue weighted by Crippen LogP contribution is -2.51. The zero-order valence-corrected chi connectivity index (χ0v) is 12.8. The molecule has 0 aromatic heterocycles. The largest absolute Gasteiger partial charge is 0.344 e. The van der Waals surface area contributed by atoms with Crippen LogP contribution in [-0.4, -0.2) is 49.4 Å². The van der Waals surface area contributed by atoms with Gasteiger partial charge in [-0.3, -0.25) is 9.59 Å². The van der Waals surface area contributed by atoms with E-state index in [1.165, 1.54) is 0 Å². The highest BCUT2D eigenvalue weighted by Gasteiger charge is 2.57. The molecule has 2 unspecified atom stereocenters. The number of halogens is 1. The lowest BCUT2D eigenvalue weighted by Gasteiger charge is -2.30. The van der Waals surface area contributed by atoms with E-state index in [4.69, 9.17) is 0 Å². The first-order valence-electron chi connectivity index (χ1n) is 7.38. The molecule has 1 spiro atoms. The number of hydrogen-bond acceptors (Lipinski definition) is 3. The van der Waals surface area contributed by atoms with Gasteiger partial charge in [0, 0.05) is 19.5 Å². The molecule has 2 heterocycles. The van der Waals surface area contributed by atoms with Crippen molar-refractivity contribution in [3.8, 4) is 0 Å². The average Bonchev–Trinajstić information content (AvgIpc) is 3.09. The van der Waals surface area contributed by atoms with Crippen molar-refractivity contribution in [1.82, 2.24) is 15.5 Å². The van der Waals surface area contributed by atoms with Crippen molar-refractivity contribution in [2.45, 2.75) is 38.1 Å². The minimum atomic E-state index is -0.286. The van der Waals surface area contributed by atoms with Crippen LogP contribution in [0.3, 0.4) is 0 Å². The Bertz CT molecular complexity index is 396. The Morgan fingerprint density at radius 2 is 2.10 bits per heavy atom.